The zero-order chi connectivity index (χ0) is 92.1. The van der Waals surface area contributed by atoms with Gasteiger partial charge in [-0.1, -0.05) is 434 Å². The summed E-state index contributed by atoms with van der Waals surface area (Å²) in [6, 6.07) is 0. The van der Waals surface area contributed by atoms with Gasteiger partial charge in [-0.25, -0.2) is 9.13 Å². The van der Waals surface area contributed by atoms with Crippen molar-refractivity contribution in [3.8, 4) is 0 Å². The number of hydrogen-bond donors (Lipinski definition) is 4. The average molecular weight is 1810 g/mol. The number of carbonyl (C=O) groups excluding carboxylic acids is 3. The Kier molecular flexibility index (Phi) is 95.5. The van der Waals surface area contributed by atoms with Crippen molar-refractivity contribution in [2.24, 2.45) is 0 Å². The SMILES string of the molecule is CC/C=C\C/C=C\C/C=C\C/C=C\C/C=C\C/C=C\CCCCCCCCC(=O)OC(COC(=O)CCCCCCCCCCCCCCCCCCC/C=C\C/C=C\C/C=C\C/C=C\CCCCC)COP(=O)(O)OCC(O)COP(=O)(O)OCC(O)COC(=O)CCCCCCCCCCCCCCCCCCC/C=C\C/C=C\C/C=C\C/C=C\C/C=C\CC. The van der Waals surface area contributed by atoms with Crippen molar-refractivity contribution >= 4 is 33.6 Å². The van der Waals surface area contributed by atoms with Crippen LogP contribution in [0.15, 0.2) is 182 Å². The third kappa shape index (κ3) is 101. The lowest BCUT2D eigenvalue weighted by Gasteiger charge is -2.21. The number of carbonyl (C=O) groups is 3. The zero-order valence-electron chi connectivity index (χ0n) is 80.6. The van der Waals surface area contributed by atoms with E-state index in [1.807, 2.05) is 0 Å². The lowest BCUT2D eigenvalue weighted by Crippen LogP contribution is -2.30. The molecule has 127 heavy (non-hydrogen) atoms. The van der Waals surface area contributed by atoms with E-state index in [1.165, 1.54) is 205 Å². The zero-order valence-corrected chi connectivity index (χ0v) is 82.4. The molecule has 0 saturated carbocycles. The van der Waals surface area contributed by atoms with Gasteiger partial charge in [0.25, 0.3) is 0 Å². The summed E-state index contributed by atoms with van der Waals surface area (Å²) in [6.45, 7) is 2.47. The maximum absolute atomic E-state index is 13.1. The van der Waals surface area contributed by atoms with Gasteiger partial charge in [-0.05, 0) is 161 Å². The maximum atomic E-state index is 13.1. The number of allylic oxidation sites excluding steroid dienone is 30. The van der Waals surface area contributed by atoms with E-state index >= 15 is 0 Å². The number of rotatable bonds is 96. The van der Waals surface area contributed by atoms with Crippen molar-refractivity contribution in [3.63, 3.8) is 0 Å². The highest BCUT2D eigenvalue weighted by Gasteiger charge is 2.30. The van der Waals surface area contributed by atoms with E-state index in [9.17, 15) is 43.5 Å². The van der Waals surface area contributed by atoms with E-state index in [2.05, 4.69) is 203 Å². The highest BCUT2D eigenvalue weighted by molar-refractivity contribution is 7.47. The number of hydrogen-bond acceptors (Lipinski definition) is 14. The Balaban J connectivity index is 4.60. The summed E-state index contributed by atoms with van der Waals surface area (Å²) >= 11 is 0. The van der Waals surface area contributed by atoms with Gasteiger partial charge in [0.05, 0.1) is 26.4 Å². The van der Waals surface area contributed by atoms with Gasteiger partial charge >= 0.3 is 33.6 Å². The van der Waals surface area contributed by atoms with Crippen LogP contribution in [0.25, 0.3) is 0 Å². The van der Waals surface area contributed by atoms with Gasteiger partial charge in [0, 0.05) is 19.3 Å². The standard InChI is InChI=1S/C109H186O16P2/c1-4-7-10-13-16-19-22-25-28-31-34-37-40-43-45-47-49-51-53-55-57-60-62-65-68-71-74-77-80-83-86-89-92-95-107(112)119-98-104(110)99-121-126(115,116)122-100-105(111)101-123-127(117,118)124-103-106(125-109(114)97-94-91-88-85-82-79-76-73-70-67-64-59-42-39-36-33-30-27-24-21-18-15-12-9-6-3)102-120-108(113)96-93-90-87-84-81-78-75-72-69-66-63-61-58-56-54-52-50-48-46-44-41-38-35-32-29-26-23-20-17-14-11-8-5-2/h7,9-10,12,16-21,25-30,34-39,43-46,59,64,70,73,104-106,110-111H,4-6,8,11,13-15,22-24,31-33,40-42,47-58,60-63,65-69,71-72,74-103H2,1-3H3,(H,115,116)(H,117,118)/b10-7-,12-9-,19-16-,20-17-,21-18-,28-25-,29-26-,30-27-,37-34-,38-35-,39-36-,45-43-,46-44-,64-59-,73-70-. The quantitative estimate of drug-likeness (QED) is 0.0146. The molecule has 4 N–H and O–H groups in total. The molecule has 5 unspecified atom stereocenters. The minimum absolute atomic E-state index is 0.0836. The van der Waals surface area contributed by atoms with Crippen molar-refractivity contribution in [1.29, 1.82) is 0 Å². The molecule has 0 aliphatic carbocycles. The molecule has 0 aromatic heterocycles. The van der Waals surface area contributed by atoms with E-state index in [0.29, 0.717) is 19.3 Å². The van der Waals surface area contributed by atoms with Crippen LogP contribution in [0.1, 0.15) is 432 Å². The van der Waals surface area contributed by atoms with E-state index in [-0.39, 0.29) is 19.3 Å². The number of aliphatic hydroxyl groups is 2. The van der Waals surface area contributed by atoms with Crippen molar-refractivity contribution in [2.45, 2.75) is 450 Å². The van der Waals surface area contributed by atoms with Crippen LogP contribution in [0.5, 0.6) is 0 Å². The van der Waals surface area contributed by atoms with Crippen molar-refractivity contribution < 1.29 is 75.8 Å². The fourth-order valence-electron chi connectivity index (χ4n) is 13.9. The van der Waals surface area contributed by atoms with Crippen molar-refractivity contribution in [3.05, 3.63) is 182 Å². The number of unbranched alkanes of at least 4 members (excludes halogenated alkanes) is 43. The Bertz CT molecular complexity index is 3040. The second kappa shape index (κ2) is 99.7. The largest absolute Gasteiger partial charge is 0.472 e. The molecule has 16 nitrogen and oxygen atoms in total. The van der Waals surface area contributed by atoms with Gasteiger partial charge in [-0.15, -0.1) is 0 Å². The van der Waals surface area contributed by atoms with Crippen LogP contribution in [0.3, 0.4) is 0 Å². The Morgan fingerprint density at radius 3 is 0.661 bits per heavy atom. The Morgan fingerprint density at radius 1 is 0.228 bits per heavy atom. The monoisotopic (exact) mass is 1810 g/mol. The van der Waals surface area contributed by atoms with E-state index in [0.717, 1.165) is 167 Å². The summed E-state index contributed by atoms with van der Waals surface area (Å²) in [4.78, 5) is 59.2. The molecule has 0 spiro atoms. The number of aliphatic hydroxyl groups excluding tert-OH is 2. The van der Waals surface area contributed by atoms with Crippen LogP contribution in [0, 0.1) is 0 Å². The third-order valence-corrected chi connectivity index (χ3v) is 23.5. The van der Waals surface area contributed by atoms with E-state index < -0.39 is 91.5 Å². The number of esters is 3. The predicted octanol–water partition coefficient (Wildman–Crippen LogP) is 32.3. The van der Waals surface area contributed by atoms with Crippen LogP contribution >= 0.6 is 15.6 Å². The molecular formula is C109H186O16P2. The highest BCUT2D eigenvalue weighted by Crippen LogP contribution is 2.45. The molecular weight excluding hydrogens is 1630 g/mol. The molecule has 0 bridgehead atoms. The van der Waals surface area contributed by atoms with E-state index in [1.54, 1.807) is 0 Å². The first kappa shape index (κ1) is 122. The number of phosphoric acid groups is 2. The lowest BCUT2D eigenvalue weighted by atomic mass is 10.0. The molecule has 0 aromatic rings. The minimum Gasteiger partial charge on any atom is -0.463 e. The summed E-state index contributed by atoms with van der Waals surface area (Å²) in [6.07, 6.45) is 132. The van der Waals surface area contributed by atoms with Gasteiger partial charge < -0.3 is 34.2 Å². The molecule has 0 heterocycles. The molecule has 0 radical (unpaired) electrons. The van der Waals surface area contributed by atoms with Gasteiger partial charge in [0.15, 0.2) is 6.10 Å². The molecule has 0 fully saturated rings. The first-order valence-corrected chi connectivity index (χ1v) is 54.1. The van der Waals surface area contributed by atoms with Gasteiger partial charge in [-0.3, -0.25) is 32.5 Å². The Labute approximate surface area is 776 Å². The molecule has 0 aliphatic heterocycles. The fraction of sp³-hybridized carbons (Fsp3) is 0.697. The third-order valence-electron chi connectivity index (χ3n) is 21.6. The van der Waals surface area contributed by atoms with Crippen LogP contribution in [-0.2, 0) is 55.8 Å². The van der Waals surface area contributed by atoms with Crippen molar-refractivity contribution in [1.82, 2.24) is 0 Å². The second-order valence-electron chi connectivity index (χ2n) is 33.9. The van der Waals surface area contributed by atoms with E-state index in [4.69, 9.17) is 32.3 Å². The fourth-order valence-corrected chi connectivity index (χ4v) is 15.5. The predicted molar refractivity (Wildman–Crippen MR) is 537 cm³/mol. The average Bonchev–Trinajstić information content (AvgIpc) is 0.899. The van der Waals surface area contributed by atoms with Crippen LogP contribution < -0.4 is 0 Å². The van der Waals surface area contributed by atoms with Gasteiger partial charge in [0.1, 0.15) is 25.4 Å². The second-order valence-corrected chi connectivity index (χ2v) is 36.8. The number of phosphoric ester groups is 2. The van der Waals surface area contributed by atoms with Crippen LogP contribution in [-0.4, -0.2) is 95.9 Å². The van der Waals surface area contributed by atoms with Gasteiger partial charge in [-0.2, -0.15) is 0 Å². The molecule has 728 valence electrons. The molecule has 18 heteroatoms. The molecule has 0 rings (SSSR count). The molecule has 0 aromatic carbocycles. The first-order chi connectivity index (χ1) is 62.2. The minimum atomic E-state index is -4.95. The number of ether oxygens (including phenoxy) is 3. The van der Waals surface area contributed by atoms with Crippen LogP contribution in [0.2, 0.25) is 0 Å². The van der Waals surface area contributed by atoms with Crippen LogP contribution in [0.4, 0.5) is 0 Å². The van der Waals surface area contributed by atoms with Crippen molar-refractivity contribution in [2.75, 3.05) is 39.6 Å². The summed E-state index contributed by atoms with van der Waals surface area (Å²) in [5, 5.41) is 20.8. The lowest BCUT2D eigenvalue weighted by molar-refractivity contribution is -0.161. The summed E-state index contributed by atoms with van der Waals surface area (Å²) < 4.78 is 61.7. The smallest absolute Gasteiger partial charge is 0.463 e. The summed E-state index contributed by atoms with van der Waals surface area (Å²) in [5.74, 6) is -1.58. The Hall–Kier alpha value is -5.35. The summed E-state index contributed by atoms with van der Waals surface area (Å²) in [7, 11) is -9.83. The normalized spacial score (nSPS) is 14.4. The topological polar surface area (TPSA) is 231 Å². The molecule has 5 atom stereocenters. The molecule has 0 amide bonds. The first-order valence-electron chi connectivity index (χ1n) is 51.1. The summed E-state index contributed by atoms with van der Waals surface area (Å²) in [5.41, 5.74) is 0. The maximum Gasteiger partial charge on any atom is 0.472 e. The Morgan fingerprint density at radius 2 is 0.417 bits per heavy atom. The molecule has 0 aliphatic rings. The molecule has 0 saturated heterocycles. The van der Waals surface area contributed by atoms with Gasteiger partial charge in [0.2, 0.25) is 0 Å². The highest BCUT2D eigenvalue weighted by atomic mass is 31.2.